The fourth-order valence-electron chi connectivity index (χ4n) is 4.18. The van der Waals surface area contributed by atoms with Crippen molar-refractivity contribution in [2.45, 2.75) is 6.42 Å². The van der Waals surface area contributed by atoms with Crippen LogP contribution < -0.4 is 21.3 Å². The molecule has 4 rings (SSSR count). The molecule has 0 aliphatic carbocycles. The Morgan fingerprint density at radius 1 is 0.739 bits per heavy atom. The van der Waals surface area contributed by atoms with Gasteiger partial charge >= 0.3 is 5.97 Å². The van der Waals surface area contributed by atoms with E-state index in [-0.39, 0.29) is 52.1 Å². The topological polar surface area (TPSA) is 212 Å². The first-order valence-corrected chi connectivity index (χ1v) is 13.9. The van der Waals surface area contributed by atoms with E-state index in [1.807, 2.05) is 19.0 Å². The van der Waals surface area contributed by atoms with Crippen LogP contribution in [-0.2, 0) is 25.9 Å². The molecule has 0 fully saturated rings. The van der Waals surface area contributed by atoms with Gasteiger partial charge in [0.25, 0.3) is 23.6 Å². The van der Waals surface area contributed by atoms with Crippen molar-refractivity contribution >= 4 is 47.1 Å². The number of methoxy groups -OCH3 is 1. The second-order valence-electron chi connectivity index (χ2n) is 10.4. The summed E-state index contributed by atoms with van der Waals surface area (Å²) >= 11 is 0. The van der Waals surface area contributed by atoms with Gasteiger partial charge < -0.3 is 44.6 Å². The number of imidazole rings is 3. The molecule has 0 spiro atoms. The Hall–Kier alpha value is -5.91. The minimum Gasteiger partial charge on any atom is -0.465 e. The number of aromatic nitrogens is 7. The van der Waals surface area contributed by atoms with E-state index in [1.54, 1.807) is 21.1 Å². The zero-order valence-corrected chi connectivity index (χ0v) is 26.1. The zero-order valence-electron chi connectivity index (χ0n) is 26.1. The number of nitrogens with one attached hydrogen (secondary N) is 4. The molecule has 0 saturated carbocycles. The SMILES string of the molecule is COC(=O)c1ccc(C(=O)Nc2cn(C)c(C(=O)Nc3cn(C)c(C(=O)Nc4cn(C)c(C(=O)NCCCN(C)C)n4)n3)n2)nc1. The molecule has 4 aromatic rings. The van der Waals surface area contributed by atoms with Crippen molar-refractivity contribution in [1.29, 1.82) is 0 Å². The summed E-state index contributed by atoms with van der Waals surface area (Å²) in [6.45, 7) is 1.30. The number of rotatable bonds is 12. The van der Waals surface area contributed by atoms with Crippen molar-refractivity contribution in [1.82, 2.24) is 43.9 Å². The summed E-state index contributed by atoms with van der Waals surface area (Å²) < 4.78 is 8.92. The van der Waals surface area contributed by atoms with Gasteiger partial charge in [0, 0.05) is 52.5 Å². The summed E-state index contributed by atoms with van der Waals surface area (Å²) in [5, 5.41) is 10.5. The molecular formula is C28H34N12O6. The molecule has 0 aliphatic heterocycles. The summed E-state index contributed by atoms with van der Waals surface area (Å²) in [5.41, 5.74) is 0.201. The molecule has 242 valence electrons. The molecular weight excluding hydrogens is 600 g/mol. The summed E-state index contributed by atoms with van der Waals surface area (Å²) in [6, 6.07) is 2.75. The van der Waals surface area contributed by atoms with Crippen LogP contribution in [0.5, 0.6) is 0 Å². The average molecular weight is 635 g/mol. The van der Waals surface area contributed by atoms with Crippen molar-refractivity contribution in [2.75, 3.05) is 50.2 Å². The van der Waals surface area contributed by atoms with E-state index in [2.05, 4.69) is 45.9 Å². The Balaban J connectivity index is 1.36. The van der Waals surface area contributed by atoms with Gasteiger partial charge in [0.05, 0.1) is 12.7 Å². The largest absolute Gasteiger partial charge is 0.465 e. The Morgan fingerprint density at radius 3 is 1.65 bits per heavy atom. The third kappa shape index (κ3) is 7.97. The van der Waals surface area contributed by atoms with E-state index in [1.165, 1.54) is 57.7 Å². The first-order chi connectivity index (χ1) is 21.9. The second-order valence-corrected chi connectivity index (χ2v) is 10.4. The van der Waals surface area contributed by atoms with Crippen molar-refractivity contribution in [2.24, 2.45) is 21.1 Å². The van der Waals surface area contributed by atoms with Crippen LogP contribution in [0.3, 0.4) is 0 Å². The molecule has 0 saturated heterocycles. The predicted molar refractivity (Wildman–Crippen MR) is 165 cm³/mol. The highest BCUT2D eigenvalue weighted by Crippen LogP contribution is 2.15. The maximum absolute atomic E-state index is 13.0. The van der Waals surface area contributed by atoms with Gasteiger partial charge in [0.15, 0.2) is 17.5 Å². The van der Waals surface area contributed by atoms with E-state index in [0.29, 0.717) is 6.54 Å². The first kappa shape index (κ1) is 33.0. The van der Waals surface area contributed by atoms with Crippen LogP contribution in [0.15, 0.2) is 36.9 Å². The third-order valence-corrected chi connectivity index (χ3v) is 6.45. The van der Waals surface area contributed by atoms with E-state index in [0.717, 1.165) is 13.0 Å². The Kier molecular flexibility index (Phi) is 10.2. The molecule has 4 amide bonds. The molecule has 4 heterocycles. The number of carbonyl (C=O) groups excluding carboxylic acids is 5. The van der Waals surface area contributed by atoms with Crippen molar-refractivity contribution < 1.29 is 28.7 Å². The predicted octanol–water partition coefficient (Wildman–Crippen LogP) is 0.507. The van der Waals surface area contributed by atoms with Crippen LogP contribution >= 0.6 is 0 Å². The van der Waals surface area contributed by atoms with Gasteiger partial charge in [-0.1, -0.05) is 0 Å². The summed E-state index contributed by atoms with van der Waals surface area (Å²) in [5.74, 6) is -2.49. The number of hydrogen-bond donors (Lipinski definition) is 4. The van der Waals surface area contributed by atoms with Crippen molar-refractivity contribution in [3.05, 3.63) is 65.7 Å². The highest BCUT2D eigenvalue weighted by atomic mass is 16.5. The lowest BCUT2D eigenvalue weighted by molar-refractivity contribution is 0.0599. The zero-order chi connectivity index (χ0) is 33.5. The number of aryl methyl sites for hydroxylation is 3. The first-order valence-electron chi connectivity index (χ1n) is 13.9. The van der Waals surface area contributed by atoms with Gasteiger partial charge in [-0.25, -0.2) is 19.7 Å². The lowest BCUT2D eigenvalue weighted by Crippen LogP contribution is -2.29. The molecule has 18 heteroatoms. The lowest BCUT2D eigenvalue weighted by atomic mass is 10.2. The van der Waals surface area contributed by atoms with Crippen LogP contribution in [-0.4, -0.2) is 102 Å². The number of hydrogen-bond acceptors (Lipinski definition) is 11. The number of nitrogens with zero attached hydrogens (tertiary/aromatic N) is 8. The maximum Gasteiger partial charge on any atom is 0.339 e. The molecule has 0 radical (unpaired) electrons. The molecule has 0 atom stereocenters. The molecule has 4 N–H and O–H groups in total. The Labute approximate surface area is 263 Å². The number of ether oxygens (including phenoxy) is 1. The van der Waals surface area contributed by atoms with E-state index >= 15 is 0 Å². The van der Waals surface area contributed by atoms with Crippen LogP contribution in [0, 0.1) is 0 Å². The van der Waals surface area contributed by atoms with Crippen LogP contribution in [0.2, 0.25) is 0 Å². The Bertz CT molecular complexity index is 1770. The van der Waals surface area contributed by atoms with Gasteiger partial charge in [-0.3, -0.25) is 24.2 Å². The van der Waals surface area contributed by atoms with Crippen LogP contribution in [0.25, 0.3) is 0 Å². The summed E-state index contributed by atoms with van der Waals surface area (Å²) in [6.07, 6.45) is 6.35. The number of amides is 4. The van der Waals surface area contributed by atoms with Crippen LogP contribution in [0.4, 0.5) is 17.5 Å². The van der Waals surface area contributed by atoms with Crippen molar-refractivity contribution in [3.63, 3.8) is 0 Å². The molecule has 4 aromatic heterocycles. The summed E-state index contributed by atoms with van der Waals surface area (Å²) in [7, 11) is 9.90. The van der Waals surface area contributed by atoms with Gasteiger partial charge in [-0.05, 0) is 39.2 Å². The number of pyridine rings is 1. The molecule has 0 aliphatic rings. The highest BCUT2D eigenvalue weighted by Gasteiger charge is 2.21. The highest BCUT2D eigenvalue weighted by molar-refractivity contribution is 6.05. The summed E-state index contributed by atoms with van der Waals surface area (Å²) in [4.78, 5) is 81.2. The molecule has 0 bridgehead atoms. The van der Waals surface area contributed by atoms with Crippen LogP contribution in [0.1, 0.15) is 59.1 Å². The minimum atomic E-state index is -0.653. The minimum absolute atomic E-state index is 0.0180. The maximum atomic E-state index is 13.0. The van der Waals surface area contributed by atoms with E-state index < -0.39 is 23.7 Å². The van der Waals surface area contributed by atoms with E-state index in [9.17, 15) is 24.0 Å². The molecule has 18 nitrogen and oxygen atoms in total. The second kappa shape index (κ2) is 14.2. The molecule has 0 unspecified atom stereocenters. The third-order valence-electron chi connectivity index (χ3n) is 6.45. The normalized spacial score (nSPS) is 10.8. The van der Waals surface area contributed by atoms with Gasteiger partial charge in [-0.15, -0.1) is 0 Å². The Morgan fingerprint density at radius 2 is 1.22 bits per heavy atom. The molecule has 46 heavy (non-hydrogen) atoms. The standard InChI is InChI=1S/C28H34N12O6/c1-37(2)11-7-10-29-25(42)21-31-19(14-38(21)3)35-27(44)23-33-20(15-40(23)5)36-26(43)22-32-18(13-39(22)4)34-24(41)17-9-8-16(12-30-17)28(45)46-6/h8-9,12-15H,7,10-11H2,1-6H3,(H,29,42)(H,34,41)(H,35,44)(H,36,43). The fourth-order valence-corrected chi connectivity index (χ4v) is 4.18. The van der Waals surface area contributed by atoms with E-state index in [4.69, 9.17) is 0 Å². The van der Waals surface area contributed by atoms with Gasteiger partial charge in [0.1, 0.15) is 5.69 Å². The number of carbonyl (C=O) groups is 5. The van der Waals surface area contributed by atoms with Crippen molar-refractivity contribution in [3.8, 4) is 0 Å². The monoisotopic (exact) mass is 634 g/mol. The molecule has 0 aromatic carbocycles. The smallest absolute Gasteiger partial charge is 0.339 e. The lowest BCUT2D eigenvalue weighted by Gasteiger charge is -2.09. The van der Waals surface area contributed by atoms with Gasteiger partial charge in [-0.2, -0.15) is 0 Å². The average Bonchev–Trinajstić information content (AvgIpc) is 3.69. The quantitative estimate of drug-likeness (QED) is 0.124. The van der Waals surface area contributed by atoms with Gasteiger partial charge in [0.2, 0.25) is 17.5 Å². The number of esters is 1. The number of anilines is 3. The fraction of sp³-hybridized carbons (Fsp3) is 0.321.